The van der Waals surface area contributed by atoms with Crippen LogP contribution in [0.4, 0.5) is 4.39 Å². The fraction of sp³-hybridized carbons (Fsp3) is 0.429. The minimum Gasteiger partial charge on any atom is -0.372 e. The van der Waals surface area contributed by atoms with Crippen molar-refractivity contribution >= 4 is 5.91 Å². The van der Waals surface area contributed by atoms with Crippen molar-refractivity contribution in [1.29, 1.82) is 0 Å². The Hall–Kier alpha value is -3.03. The zero-order valence-corrected chi connectivity index (χ0v) is 21.2. The molecule has 0 bridgehead atoms. The second-order valence-electron chi connectivity index (χ2n) is 9.75. The number of nitrogens with two attached hydrogens (primary N) is 1. The first-order chi connectivity index (χ1) is 16.7. The number of imidazole rings is 1. The summed E-state index contributed by atoms with van der Waals surface area (Å²) >= 11 is 0. The van der Waals surface area contributed by atoms with Gasteiger partial charge in [-0.2, -0.15) is 0 Å². The highest BCUT2D eigenvalue weighted by Gasteiger charge is 2.39. The smallest absolute Gasteiger partial charge is 0.249 e. The normalized spacial score (nSPS) is 13.4. The van der Waals surface area contributed by atoms with E-state index in [4.69, 9.17) is 15.5 Å². The fourth-order valence-electron chi connectivity index (χ4n) is 4.21. The van der Waals surface area contributed by atoms with E-state index in [1.807, 2.05) is 82.4 Å². The SMILES string of the molecule is CCOCC(=O)N(CC(F)CN)C(c1nc(-c2ccccc2)cn1Cc1ccccc1)C(C)(C)C. The van der Waals surface area contributed by atoms with Gasteiger partial charge in [0.05, 0.1) is 18.3 Å². The molecule has 0 aliphatic rings. The van der Waals surface area contributed by atoms with Crippen LogP contribution < -0.4 is 5.73 Å². The zero-order chi connectivity index (χ0) is 25.4. The van der Waals surface area contributed by atoms with E-state index in [9.17, 15) is 9.18 Å². The summed E-state index contributed by atoms with van der Waals surface area (Å²) in [5.41, 5.74) is 8.06. The van der Waals surface area contributed by atoms with E-state index in [2.05, 4.69) is 16.7 Å². The number of ether oxygens (including phenoxy) is 1. The maximum atomic E-state index is 14.7. The quantitative estimate of drug-likeness (QED) is 0.426. The second-order valence-corrected chi connectivity index (χ2v) is 9.75. The molecule has 35 heavy (non-hydrogen) atoms. The van der Waals surface area contributed by atoms with E-state index in [1.165, 1.54) is 0 Å². The molecule has 0 aliphatic carbocycles. The summed E-state index contributed by atoms with van der Waals surface area (Å²) in [4.78, 5) is 19.9. The number of carbonyl (C=O) groups excluding carboxylic acids is 1. The minimum atomic E-state index is -1.35. The van der Waals surface area contributed by atoms with Gasteiger partial charge in [0.1, 0.15) is 18.6 Å². The summed E-state index contributed by atoms with van der Waals surface area (Å²) < 4.78 is 22.2. The molecule has 0 aliphatic heterocycles. The number of hydrogen-bond donors (Lipinski definition) is 1. The first kappa shape index (κ1) is 26.6. The van der Waals surface area contributed by atoms with Gasteiger partial charge in [0.25, 0.3) is 0 Å². The zero-order valence-electron chi connectivity index (χ0n) is 21.2. The summed E-state index contributed by atoms with van der Waals surface area (Å²) in [6, 6.07) is 19.5. The molecule has 1 aromatic heterocycles. The Bertz CT molecular complexity index is 1060. The van der Waals surface area contributed by atoms with E-state index in [1.54, 1.807) is 4.90 Å². The fourth-order valence-corrected chi connectivity index (χ4v) is 4.21. The molecule has 2 atom stereocenters. The van der Waals surface area contributed by atoms with Crippen LogP contribution in [0, 0.1) is 5.41 Å². The topological polar surface area (TPSA) is 73.4 Å². The van der Waals surface area contributed by atoms with Gasteiger partial charge in [0.2, 0.25) is 5.91 Å². The van der Waals surface area contributed by atoms with E-state index in [0.717, 1.165) is 16.8 Å². The van der Waals surface area contributed by atoms with Crippen LogP contribution in [0.15, 0.2) is 66.9 Å². The lowest BCUT2D eigenvalue weighted by molar-refractivity contribution is -0.142. The molecule has 1 amide bonds. The van der Waals surface area contributed by atoms with Gasteiger partial charge in [0, 0.05) is 31.5 Å². The van der Waals surface area contributed by atoms with Gasteiger partial charge in [-0.1, -0.05) is 81.4 Å². The maximum absolute atomic E-state index is 14.7. The Morgan fingerprint density at radius 2 is 1.74 bits per heavy atom. The van der Waals surface area contributed by atoms with Crippen molar-refractivity contribution in [3.8, 4) is 11.3 Å². The number of aromatic nitrogens is 2. The molecule has 2 N–H and O–H groups in total. The van der Waals surface area contributed by atoms with Crippen LogP contribution >= 0.6 is 0 Å². The monoisotopic (exact) mass is 480 g/mol. The third-order valence-electron chi connectivity index (χ3n) is 5.85. The molecule has 1 heterocycles. The number of nitrogens with zero attached hydrogens (tertiary/aromatic N) is 3. The molecule has 0 fully saturated rings. The van der Waals surface area contributed by atoms with Crippen molar-refractivity contribution in [2.45, 2.75) is 46.5 Å². The van der Waals surface area contributed by atoms with Crippen LogP contribution in [-0.2, 0) is 16.1 Å². The van der Waals surface area contributed by atoms with Crippen LogP contribution in [0.1, 0.15) is 45.1 Å². The number of alkyl halides is 1. The van der Waals surface area contributed by atoms with Crippen molar-refractivity contribution in [3.05, 3.63) is 78.2 Å². The lowest BCUT2D eigenvalue weighted by Gasteiger charge is -2.40. The van der Waals surface area contributed by atoms with Gasteiger partial charge in [-0.25, -0.2) is 9.37 Å². The van der Waals surface area contributed by atoms with Crippen molar-refractivity contribution in [2.24, 2.45) is 11.1 Å². The number of benzene rings is 2. The number of halogens is 1. The predicted molar refractivity (Wildman–Crippen MR) is 138 cm³/mol. The van der Waals surface area contributed by atoms with Crippen molar-refractivity contribution in [3.63, 3.8) is 0 Å². The summed E-state index contributed by atoms with van der Waals surface area (Å²) in [5.74, 6) is 0.424. The first-order valence-corrected chi connectivity index (χ1v) is 12.1. The molecular formula is C28H37FN4O2. The van der Waals surface area contributed by atoms with Gasteiger partial charge in [-0.15, -0.1) is 0 Å². The number of rotatable bonds is 11. The average molecular weight is 481 g/mol. The second kappa shape index (κ2) is 12.1. The van der Waals surface area contributed by atoms with Gasteiger partial charge >= 0.3 is 0 Å². The van der Waals surface area contributed by atoms with Crippen LogP contribution in [0.5, 0.6) is 0 Å². The maximum Gasteiger partial charge on any atom is 0.249 e. The minimum absolute atomic E-state index is 0.120. The van der Waals surface area contributed by atoms with Crippen LogP contribution in [0.3, 0.4) is 0 Å². The lowest BCUT2D eigenvalue weighted by atomic mass is 9.84. The summed E-state index contributed by atoms with van der Waals surface area (Å²) in [5, 5.41) is 0. The van der Waals surface area contributed by atoms with Gasteiger partial charge < -0.3 is 19.9 Å². The standard InChI is InChI=1S/C28H37FN4O2/c1-5-35-20-25(34)33(18-23(29)16-30)26(28(2,3)4)27-31-24(22-14-10-7-11-15-22)19-32(27)17-21-12-8-6-9-13-21/h6-15,19,23,26H,5,16-18,20,30H2,1-4H3. The van der Waals surface area contributed by atoms with Gasteiger partial charge in [-0.3, -0.25) is 4.79 Å². The van der Waals surface area contributed by atoms with Gasteiger partial charge in [-0.05, 0) is 17.9 Å². The predicted octanol–water partition coefficient (Wildman–Crippen LogP) is 4.85. The van der Waals surface area contributed by atoms with Crippen LogP contribution in [0.25, 0.3) is 11.3 Å². The van der Waals surface area contributed by atoms with Crippen LogP contribution in [0.2, 0.25) is 0 Å². The first-order valence-electron chi connectivity index (χ1n) is 12.1. The Balaban J connectivity index is 2.15. The Kier molecular flexibility index (Phi) is 9.18. The molecule has 2 aromatic carbocycles. The molecule has 0 radical (unpaired) electrons. The molecule has 3 aromatic rings. The highest BCUT2D eigenvalue weighted by Crippen LogP contribution is 2.39. The van der Waals surface area contributed by atoms with E-state index < -0.39 is 17.6 Å². The number of hydrogen-bond acceptors (Lipinski definition) is 4. The third-order valence-corrected chi connectivity index (χ3v) is 5.85. The van der Waals surface area contributed by atoms with E-state index >= 15 is 0 Å². The van der Waals surface area contributed by atoms with Crippen molar-refractivity contribution in [1.82, 2.24) is 14.5 Å². The number of amides is 1. The lowest BCUT2D eigenvalue weighted by Crippen LogP contribution is -2.47. The Labute approximate surface area is 207 Å². The highest BCUT2D eigenvalue weighted by molar-refractivity contribution is 5.78. The van der Waals surface area contributed by atoms with Gasteiger partial charge in [0.15, 0.2) is 0 Å². The molecule has 2 unspecified atom stereocenters. The number of carbonyl (C=O) groups is 1. The molecule has 0 saturated heterocycles. The Morgan fingerprint density at radius 3 is 2.31 bits per heavy atom. The third kappa shape index (κ3) is 6.99. The molecule has 6 nitrogen and oxygen atoms in total. The molecule has 0 spiro atoms. The summed E-state index contributed by atoms with van der Waals surface area (Å²) in [6.45, 7) is 8.52. The van der Waals surface area contributed by atoms with Crippen molar-refractivity contribution < 1.29 is 13.9 Å². The molecule has 7 heteroatoms. The molecular weight excluding hydrogens is 443 g/mol. The Morgan fingerprint density at radius 1 is 1.11 bits per heavy atom. The van der Waals surface area contributed by atoms with Crippen LogP contribution in [-0.4, -0.2) is 52.8 Å². The van der Waals surface area contributed by atoms with E-state index in [-0.39, 0.29) is 25.6 Å². The van der Waals surface area contributed by atoms with Crippen molar-refractivity contribution in [2.75, 3.05) is 26.3 Å². The summed E-state index contributed by atoms with van der Waals surface area (Å²) in [6.07, 6.45) is 0.661. The largest absolute Gasteiger partial charge is 0.372 e. The molecule has 188 valence electrons. The highest BCUT2D eigenvalue weighted by atomic mass is 19.1. The summed E-state index contributed by atoms with van der Waals surface area (Å²) in [7, 11) is 0. The average Bonchev–Trinajstić information content (AvgIpc) is 3.25. The van der Waals surface area contributed by atoms with E-state index in [0.29, 0.717) is 19.0 Å². The molecule has 0 saturated carbocycles. The molecule has 3 rings (SSSR count).